The maximum Gasteiger partial charge on any atom is 0.308 e. The molecule has 0 bridgehead atoms. The third-order valence-corrected chi connectivity index (χ3v) is 6.05. The van der Waals surface area contributed by atoms with E-state index in [1.54, 1.807) is 18.2 Å². The largest absolute Gasteiger partial charge is 0.416 e. The van der Waals surface area contributed by atoms with Crippen molar-refractivity contribution in [1.29, 1.82) is 0 Å². The Bertz CT molecular complexity index is 865. The van der Waals surface area contributed by atoms with Crippen LogP contribution < -0.4 is 4.74 Å². The van der Waals surface area contributed by atoms with Crippen molar-refractivity contribution in [3.63, 3.8) is 0 Å². The third kappa shape index (κ3) is 3.44. The van der Waals surface area contributed by atoms with E-state index in [1.165, 1.54) is 29.2 Å². The van der Waals surface area contributed by atoms with E-state index in [0.29, 0.717) is 23.7 Å². The summed E-state index contributed by atoms with van der Waals surface area (Å²) in [5, 5.41) is 0.584. The molecule has 0 radical (unpaired) electrons. The van der Waals surface area contributed by atoms with Crippen LogP contribution in [0, 0.1) is 11.7 Å². The van der Waals surface area contributed by atoms with Gasteiger partial charge in [-0.05, 0) is 37.0 Å². The lowest BCUT2D eigenvalue weighted by Gasteiger charge is -2.34. The van der Waals surface area contributed by atoms with Crippen molar-refractivity contribution in [2.45, 2.75) is 38.8 Å². The Morgan fingerprint density at radius 3 is 2.81 bits per heavy atom. The zero-order valence-corrected chi connectivity index (χ0v) is 15.4. The number of thiophene rings is 1. The highest BCUT2D eigenvalue weighted by Crippen LogP contribution is 2.41. The standard InChI is InChI=1S/C20H20FNO3S.H2/c1-12(23)25-18-10-14-11-22(9-8-17(14)26-18)19(20(24)13-6-7-13)15-4-2-3-5-16(15)21;/h2-5,10,13,19H,6-9,11H2,1H3;1H. The van der Waals surface area contributed by atoms with Crippen LogP contribution in [-0.2, 0) is 22.6 Å². The highest BCUT2D eigenvalue weighted by atomic mass is 32.1. The number of hydrogen-bond donors (Lipinski definition) is 0. The second-order valence-electron chi connectivity index (χ2n) is 6.93. The first-order valence-electron chi connectivity index (χ1n) is 8.85. The number of benzene rings is 1. The van der Waals surface area contributed by atoms with Gasteiger partial charge < -0.3 is 4.74 Å². The summed E-state index contributed by atoms with van der Waals surface area (Å²) in [6, 6.07) is 7.89. The third-order valence-electron chi connectivity index (χ3n) is 4.93. The number of rotatable bonds is 5. The van der Waals surface area contributed by atoms with E-state index < -0.39 is 6.04 Å². The Hall–Kier alpha value is -2.05. The Kier molecular flexibility index (Phi) is 4.63. The molecule has 1 saturated carbocycles. The van der Waals surface area contributed by atoms with Crippen LogP contribution in [0.3, 0.4) is 0 Å². The Morgan fingerprint density at radius 2 is 2.12 bits per heavy atom. The van der Waals surface area contributed by atoms with Gasteiger partial charge in [-0.1, -0.05) is 18.2 Å². The van der Waals surface area contributed by atoms with Gasteiger partial charge in [-0.25, -0.2) is 4.39 Å². The molecule has 0 N–H and O–H groups in total. The molecule has 2 aromatic rings. The van der Waals surface area contributed by atoms with Crippen molar-refractivity contribution in [3.8, 4) is 5.06 Å². The summed E-state index contributed by atoms with van der Waals surface area (Å²) < 4.78 is 19.6. The fourth-order valence-corrected chi connectivity index (χ4v) is 4.61. The van der Waals surface area contributed by atoms with Gasteiger partial charge in [-0.3, -0.25) is 14.5 Å². The van der Waals surface area contributed by atoms with Gasteiger partial charge in [0.05, 0.1) is 6.04 Å². The van der Waals surface area contributed by atoms with Crippen LogP contribution in [0.4, 0.5) is 4.39 Å². The fraction of sp³-hybridized carbons (Fsp3) is 0.400. The molecule has 1 fully saturated rings. The van der Waals surface area contributed by atoms with Crippen LogP contribution >= 0.6 is 11.3 Å². The van der Waals surface area contributed by atoms with Gasteiger partial charge in [0, 0.05) is 37.8 Å². The number of Topliss-reactive ketones (excluding diaryl/α,β-unsaturated/α-hetero) is 1. The van der Waals surface area contributed by atoms with Gasteiger partial charge in [-0.15, -0.1) is 11.3 Å². The van der Waals surface area contributed by atoms with E-state index in [1.807, 2.05) is 6.07 Å². The maximum absolute atomic E-state index is 14.4. The van der Waals surface area contributed by atoms with Crippen LogP contribution in [0.15, 0.2) is 30.3 Å². The molecule has 1 unspecified atom stereocenters. The lowest BCUT2D eigenvalue weighted by atomic mass is 9.95. The van der Waals surface area contributed by atoms with Gasteiger partial charge in [0.1, 0.15) is 5.82 Å². The molecule has 4 nitrogen and oxygen atoms in total. The zero-order chi connectivity index (χ0) is 18.3. The first kappa shape index (κ1) is 17.4. The normalized spacial score (nSPS) is 18.2. The molecule has 138 valence electrons. The summed E-state index contributed by atoms with van der Waals surface area (Å²) in [4.78, 5) is 27.4. The molecule has 2 aliphatic rings. The molecule has 1 aromatic carbocycles. The first-order chi connectivity index (χ1) is 12.5. The molecular weight excluding hydrogens is 353 g/mol. The monoisotopic (exact) mass is 375 g/mol. The van der Waals surface area contributed by atoms with Crippen molar-refractivity contribution in [3.05, 3.63) is 52.2 Å². The molecule has 1 aliphatic carbocycles. The van der Waals surface area contributed by atoms with Crippen LogP contribution in [0.5, 0.6) is 5.06 Å². The highest BCUT2D eigenvalue weighted by molar-refractivity contribution is 7.14. The average molecular weight is 375 g/mol. The van der Waals surface area contributed by atoms with E-state index in [4.69, 9.17) is 4.74 Å². The van der Waals surface area contributed by atoms with Gasteiger partial charge in [0.15, 0.2) is 10.8 Å². The van der Waals surface area contributed by atoms with Crippen molar-refractivity contribution >= 4 is 23.1 Å². The number of hydrogen-bond acceptors (Lipinski definition) is 5. The molecule has 0 spiro atoms. The van der Waals surface area contributed by atoms with E-state index in [9.17, 15) is 14.0 Å². The topological polar surface area (TPSA) is 46.6 Å². The molecule has 1 aliphatic heterocycles. The van der Waals surface area contributed by atoms with Gasteiger partial charge in [0.2, 0.25) is 0 Å². The number of carbonyl (C=O) groups is 2. The second-order valence-corrected chi connectivity index (χ2v) is 8.03. The van der Waals surface area contributed by atoms with Crippen molar-refractivity contribution in [1.82, 2.24) is 4.90 Å². The molecule has 4 rings (SSSR count). The Balaban J connectivity index is 0.00000210. The smallest absolute Gasteiger partial charge is 0.308 e. The fourth-order valence-electron chi connectivity index (χ4n) is 3.56. The summed E-state index contributed by atoms with van der Waals surface area (Å²) in [6.07, 6.45) is 2.57. The number of halogens is 1. The molecule has 6 heteroatoms. The zero-order valence-electron chi connectivity index (χ0n) is 14.5. The summed E-state index contributed by atoms with van der Waals surface area (Å²) >= 11 is 1.47. The van der Waals surface area contributed by atoms with E-state index in [0.717, 1.165) is 24.8 Å². The van der Waals surface area contributed by atoms with Crippen molar-refractivity contribution in [2.24, 2.45) is 5.92 Å². The lowest BCUT2D eigenvalue weighted by Crippen LogP contribution is -2.38. The van der Waals surface area contributed by atoms with Crippen molar-refractivity contribution in [2.75, 3.05) is 6.54 Å². The second kappa shape index (κ2) is 6.93. The minimum atomic E-state index is -0.547. The molecule has 26 heavy (non-hydrogen) atoms. The summed E-state index contributed by atoms with van der Waals surface area (Å²) in [7, 11) is 0. The van der Waals surface area contributed by atoms with E-state index in [2.05, 4.69) is 4.90 Å². The minimum Gasteiger partial charge on any atom is -0.416 e. The van der Waals surface area contributed by atoms with E-state index in [-0.39, 0.29) is 24.9 Å². The Labute approximate surface area is 157 Å². The lowest BCUT2D eigenvalue weighted by molar-refractivity contribution is -0.131. The number of ketones is 1. The number of ether oxygens (including phenoxy) is 1. The van der Waals surface area contributed by atoms with Gasteiger partial charge in [0.25, 0.3) is 0 Å². The SMILES string of the molecule is CC(=O)Oc1cc2c(s1)CCN(C(C(=O)C1CC1)c1ccccc1F)C2.[HH]. The summed E-state index contributed by atoms with van der Waals surface area (Å²) in [5.74, 6) is -0.495. The number of fused-ring (bicyclic) bond motifs is 1. The number of esters is 1. The summed E-state index contributed by atoms with van der Waals surface area (Å²) in [6.45, 7) is 2.63. The predicted octanol–water partition coefficient (Wildman–Crippen LogP) is 4.14. The number of nitrogens with zero attached hydrogens (tertiary/aromatic N) is 1. The quantitative estimate of drug-likeness (QED) is 0.737. The average Bonchev–Trinajstić information content (AvgIpc) is 3.37. The van der Waals surface area contributed by atoms with E-state index >= 15 is 0 Å². The van der Waals surface area contributed by atoms with Crippen LogP contribution in [0.1, 0.15) is 43.2 Å². The van der Waals surface area contributed by atoms with Gasteiger partial charge in [-0.2, -0.15) is 0 Å². The number of carbonyl (C=O) groups excluding carboxylic acids is 2. The summed E-state index contributed by atoms with van der Waals surface area (Å²) in [5.41, 5.74) is 1.52. The molecule has 1 atom stereocenters. The maximum atomic E-state index is 14.4. The van der Waals surface area contributed by atoms with Crippen LogP contribution in [-0.4, -0.2) is 23.2 Å². The first-order valence-corrected chi connectivity index (χ1v) is 9.67. The molecule has 1 aromatic heterocycles. The molecule has 0 saturated heterocycles. The van der Waals surface area contributed by atoms with Gasteiger partial charge >= 0.3 is 5.97 Å². The van der Waals surface area contributed by atoms with Crippen LogP contribution in [0.2, 0.25) is 0 Å². The molecule has 0 amide bonds. The van der Waals surface area contributed by atoms with Crippen molar-refractivity contribution < 1.29 is 20.1 Å². The molecule has 2 heterocycles. The Morgan fingerprint density at radius 1 is 1.35 bits per heavy atom. The highest BCUT2D eigenvalue weighted by Gasteiger charge is 2.40. The molecular formula is C20H22FNO3S. The van der Waals surface area contributed by atoms with Crippen LogP contribution in [0.25, 0.3) is 0 Å². The minimum absolute atomic E-state index is 0. The predicted molar refractivity (Wildman–Crippen MR) is 98.7 cm³/mol.